The summed E-state index contributed by atoms with van der Waals surface area (Å²) in [7, 11) is 0. The predicted octanol–water partition coefficient (Wildman–Crippen LogP) is -0.371. The van der Waals surface area contributed by atoms with Gasteiger partial charge in [-0.25, -0.2) is 5.43 Å². The van der Waals surface area contributed by atoms with Crippen molar-refractivity contribution in [3.63, 3.8) is 0 Å². The molecule has 5 N–H and O–H groups in total. The van der Waals surface area contributed by atoms with Crippen molar-refractivity contribution in [2.75, 3.05) is 6.61 Å². The third-order valence-electron chi connectivity index (χ3n) is 4.40. The van der Waals surface area contributed by atoms with E-state index in [-0.39, 0.29) is 5.75 Å². The monoisotopic (exact) mass is 402 g/mol. The van der Waals surface area contributed by atoms with Crippen molar-refractivity contribution in [2.45, 2.75) is 30.7 Å². The molecule has 1 heterocycles. The van der Waals surface area contributed by atoms with Crippen LogP contribution in [0.4, 0.5) is 0 Å². The van der Waals surface area contributed by atoms with E-state index in [1.807, 2.05) is 30.3 Å². The van der Waals surface area contributed by atoms with Gasteiger partial charge in [0.05, 0.1) is 12.8 Å². The molecule has 0 aliphatic carbocycles. The summed E-state index contributed by atoms with van der Waals surface area (Å²) < 4.78 is 10.8. The van der Waals surface area contributed by atoms with E-state index in [0.29, 0.717) is 5.56 Å². The first-order valence-electron chi connectivity index (χ1n) is 8.95. The second-order valence-electron chi connectivity index (χ2n) is 6.45. The van der Waals surface area contributed by atoms with Crippen molar-refractivity contribution >= 4 is 12.1 Å². The second-order valence-corrected chi connectivity index (χ2v) is 6.45. The third-order valence-corrected chi connectivity index (χ3v) is 4.40. The van der Waals surface area contributed by atoms with Gasteiger partial charge in [-0.2, -0.15) is 5.10 Å². The van der Waals surface area contributed by atoms with E-state index in [2.05, 4.69) is 10.5 Å². The highest BCUT2D eigenvalue weighted by Crippen LogP contribution is 2.24. The number of amides is 1. The summed E-state index contributed by atoms with van der Waals surface area (Å²) in [5, 5.41) is 42.7. The number of carbonyl (C=O) groups is 1. The summed E-state index contributed by atoms with van der Waals surface area (Å²) in [6.45, 7) is -0.548. The van der Waals surface area contributed by atoms with E-state index in [4.69, 9.17) is 9.47 Å². The molecule has 1 aliphatic rings. The van der Waals surface area contributed by atoms with Gasteiger partial charge in [-0.05, 0) is 29.8 Å². The van der Waals surface area contributed by atoms with Crippen LogP contribution in [0.1, 0.15) is 15.9 Å². The second kappa shape index (κ2) is 9.59. The average molecular weight is 402 g/mol. The molecule has 9 nitrogen and oxygen atoms in total. The Hall–Kier alpha value is -2.82. The van der Waals surface area contributed by atoms with Crippen molar-refractivity contribution in [3.8, 4) is 5.75 Å². The van der Waals surface area contributed by atoms with Gasteiger partial charge in [0.15, 0.2) is 0 Å². The van der Waals surface area contributed by atoms with Crippen LogP contribution in [0.2, 0.25) is 0 Å². The Bertz CT molecular complexity index is 826. The number of aliphatic hydroxyl groups is 4. The molecule has 29 heavy (non-hydrogen) atoms. The summed E-state index contributed by atoms with van der Waals surface area (Å²) in [5.41, 5.74) is 3.59. The molecule has 3 rings (SSSR count). The molecule has 0 spiro atoms. The van der Waals surface area contributed by atoms with Crippen LogP contribution in [0.25, 0.3) is 0 Å². The van der Waals surface area contributed by atoms with Crippen molar-refractivity contribution in [3.05, 3.63) is 65.7 Å². The molecule has 1 saturated heterocycles. The fraction of sp³-hybridized carbons (Fsp3) is 0.300. The zero-order chi connectivity index (χ0) is 20.8. The molecule has 2 aromatic rings. The van der Waals surface area contributed by atoms with Gasteiger partial charge in [-0.15, -0.1) is 0 Å². The topological polar surface area (TPSA) is 141 Å². The smallest absolute Gasteiger partial charge is 0.271 e. The van der Waals surface area contributed by atoms with Crippen LogP contribution < -0.4 is 10.2 Å². The highest BCUT2D eigenvalue weighted by atomic mass is 16.7. The van der Waals surface area contributed by atoms with Gasteiger partial charge in [-0.1, -0.05) is 30.3 Å². The highest BCUT2D eigenvalue weighted by Gasteiger charge is 2.44. The van der Waals surface area contributed by atoms with Crippen LogP contribution >= 0.6 is 0 Å². The molecule has 1 aliphatic heterocycles. The standard InChI is InChI=1S/C20H22N2O7/c23-11-15-16(24)17(25)18(26)20(29-15)28-14-8-6-13(7-9-14)19(27)22-21-10-12-4-2-1-3-5-12/h1-10,15-18,20,23-26H,11H2,(H,22,27)/b21-10+/t15-,16-,17+,18-,20-/m1/s1. The maximum atomic E-state index is 12.1. The SMILES string of the molecule is O=C(N/N=C/c1ccccc1)c1ccc(O[C@@H]2O[C@H](CO)[C@@H](O)[C@H](O)[C@H]2O)cc1. The number of rotatable bonds is 6. The minimum absolute atomic E-state index is 0.263. The first-order valence-corrected chi connectivity index (χ1v) is 8.95. The number of nitrogens with zero attached hydrogens (tertiary/aromatic N) is 1. The van der Waals surface area contributed by atoms with E-state index in [9.17, 15) is 25.2 Å². The summed E-state index contributed by atoms with van der Waals surface area (Å²) >= 11 is 0. The van der Waals surface area contributed by atoms with Gasteiger partial charge in [0.25, 0.3) is 5.91 Å². The highest BCUT2D eigenvalue weighted by molar-refractivity contribution is 5.94. The molecule has 1 fully saturated rings. The third kappa shape index (κ3) is 5.17. The first-order chi connectivity index (χ1) is 14.0. The zero-order valence-electron chi connectivity index (χ0n) is 15.3. The molecule has 9 heteroatoms. The molecule has 0 aromatic heterocycles. The van der Waals surface area contributed by atoms with Gasteiger partial charge >= 0.3 is 0 Å². The van der Waals surface area contributed by atoms with Crippen molar-refractivity contribution in [1.29, 1.82) is 0 Å². The Kier molecular flexibility index (Phi) is 6.91. The van der Waals surface area contributed by atoms with Gasteiger partial charge in [0.2, 0.25) is 6.29 Å². The fourth-order valence-corrected chi connectivity index (χ4v) is 2.75. The van der Waals surface area contributed by atoms with E-state index in [1.165, 1.54) is 30.5 Å². The van der Waals surface area contributed by atoms with Crippen molar-refractivity contribution in [1.82, 2.24) is 5.43 Å². The molecule has 0 bridgehead atoms. The lowest BCUT2D eigenvalue weighted by Crippen LogP contribution is -2.60. The zero-order valence-corrected chi connectivity index (χ0v) is 15.3. The van der Waals surface area contributed by atoms with Crippen LogP contribution in [-0.2, 0) is 4.74 Å². The molecule has 154 valence electrons. The summed E-state index contributed by atoms with van der Waals surface area (Å²) in [4.78, 5) is 12.1. The quantitative estimate of drug-likeness (QED) is 0.328. The van der Waals surface area contributed by atoms with Crippen LogP contribution in [0.15, 0.2) is 59.7 Å². The van der Waals surface area contributed by atoms with E-state index in [0.717, 1.165) is 5.56 Å². The lowest BCUT2D eigenvalue weighted by molar-refractivity contribution is -0.277. The molecular weight excluding hydrogens is 380 g/mol. The Balaban J connectivity index is 1.58. The average Bonchev–Trinajstić information content (AvgIpc) is 2.75. The van der Waals surface area contributed by atoms with Crippen LogP contribution in [0.3, 0.4) is 0 Å². The van der Waals surface area contributed by atoms with Gasteiger partial charge in [-0.3, -0.25) is 4.79 Å². The number of carbonyl (C=O) groups excluding carboxylic acids is 1. The molecule has 2 aromatic carbocycles. The number of hydrogen-bond acceptors (Lipinski definition) is 8. The Morgan fingerprint density at radius 3 is 2.38 bits per heavy atom. The van der Waals surface area contributed by atoms with Crippen LogP contribution in [0, 0.1) is 0 Å². The first kappa shape index (κ1) is 20.9. The number of benzene rings is 2. The fourth-order valence-electron chi connectivity index (χ4n) is 2.75. The number of aliphatic hydroxyl groups excluding tert-OH is 4. The molecule has 0 radical (unpaired) electrons. The minimum Gasteiger partial charge on any atom is -0.462 e. The van der Waals surface area contributed by atoms with Gasteiger partial charge in [0, 0.05) is 5.56 Å². The normalized spacial score (nSPS) is 27.0. The van der Waals surface area contributed by atoms with E-state index >= 15 is 0 Å². The maximum absolute atomic E-state index is 12.1. The predicted molar refractivity (Wildman–Crippen MR) is 102 cm³/mol. The van der Waals surface area contributed by atoms with E-state index in [1.54, 1.807) is 0 Å². The lowest BCUT2D eigenvalue weighted by atomic mass is 9.99. The molecule has 5 atom stereocenters. The van der Waals surface area contributed by atoms with Gasteiger partial charge < -0.3 is 29.9 Å². The largest absolute Gasteiger partial charge is 0.462 e. The maximum Gasteiger partial charge on any atom is 0.271 e. The number of nitrogens with one attached hydrogen (secondary N) is 1. The molecule has 0 saturated carbocycles. The number of ether oxygens (including phenoxy) is 2. The van der Waals surface area contributed by atoms with Crippen LogP contribution in [0.5, 0.6) is 5.75 Å². The van der Waals surface area contributed by atoms with Crippen molar-refractivity contribution in [2.24, 2.45) is 5.10 Å². The van der Waals surface area contributed by atoms with Crippen molar-refractivity contribution < 1.29 is 34.7 Å². The molecule has 1 amide bonds. The molecule has 0 unspecified atom stereocenters. The number of hydrazone groups is 1. The Morgan fingerprint density at radius 2 is 1.72 bits per heavy atom. The van der Waals surface area contributed by atoms with Gasteiger partial charge in [0.1, 0.15) is 30.2 Å². The molecular formula is C20H22N2O7. The van der Waals surface area contributed by atoms with E-state index < -0.39 is 43.2 Å². The van der Waals surface area contributed by atoms with Crippen LogP contribution in [-0.4, -0.2) is 69.9 Å². The summed E-state index contributed by atoms with van der Waals surface area (Å²) in [6.07, 6.45) is -5.33. The summed E-state index contributed by atoms with van der Waals surface area (Å²) in [5.74, 6) is -0.157. The minimum atomic E-state index is -1.53. The Labute approximate surface area is 166 Å². The Morgan fingerprint density at radius 1 is 1.03 bits per heavy atom. The lowest BCUT2D eigenvalue weighted by Gasteiger charge is -2.39. The number of hydrogen-bond donors (Lipinski definition) is 5. The summed E-state index contributed by atoms with van der Waals surface area (Å²) in [6, 6.07) is 15.2.